The highest BCUT2D eigenvalue weighted by molar-refractivity contribution is 7.15. The van der Waals surface area contributed by atoms with Gasteiger partial charge in [0.05, 0.1) is 11.0 Å². The largest absolute Gasteiger partial charge is 0.324 e. The predicted molar refractivity (Wildman–Crippen MR) is 74.0 cm³/mol. The SMILES string of the molecule is CN(C1CCCCC1)C(C#N)c1ccc([N+](=O)[O-])s1. The standard InChI is InChI=1S/C13H17N3O2S/c1-15(10-5-3-2-4-6-10)11(9-14)12-7-8-13(19-12)16(17)18/h7-8,10-11H,2-6H2,1H3. The molecule has 0 aliphatic heterocycles. The summed E-state index contributed by atoms with van der Waals surface area (Å²) in [6.07, 6.45) is 5.91. The van der Waals surface area contributed by atoms with Gasteiger partial charge in [-0.05, 0) is 26.0 Å². The molecule has 5 nitrogen and oxygen atoms in total. The molecule has 1 unspecified atom stereocenters. The minimum absolute atomic E-state index is 0.104. The molecule has 102 valence electrons. The Labute approximate surface area is 116 Å². The lowest BCUT2D eigenvalue weighted by atomic mass is 9.93. The first-order valence-corrected chi connectivity index (χ1v) is 7.31. The van der Waals surface area contributed by atoms with Crippen LogP contribution < -0.4 is 0 Å². The first-order chi connectivity index (χ1) is 9.13. The zero-order valence-corrected chi connectivity index (χ0v) is 11.7. The zero-order valence-electron chi connectivity index (χ0n) is 10.9. The van der Waals surface area contributed by atoms with Crippen LogP contribution in [-0.2, 0) is 0 Å². The number of nitro groups is 1. The number of thiophene rings is 1. The van der Waals surface area contributed by atoms with E-state index >= 15 is 0 Å². The van der Waals surface area contributed by atoms with Crippen molar-refractivity contribution in [2.75, 3.05) is 7.05 Å². The van der Waals surface area contributed by atoms with Crippen LogP contribution in [0.15, 0.2) is 12.1 Å². The lowest BCUT2D eigenvalue weighted by Gasteiger charge is -2.33. The third kappa shape index (κ3) is 3.11. The minimum atomic E-state index is -0.400. The molecule has 0 spiro atoms. The summed E-state index contributed by atoms with van der Waals surface area (Å²) in [5, 5.41) is 20.2. The third-order valence-electron chi connectivity index (χ3n) is 3.74. The second-order valence-corrected chi connectivity index (χ2v) is 6.02. The van der Waals surface area contributed by atoms with Crippen LogP contribution in [0.25, 0.3) is 0 Å². The maximum absolute atomic E-state index is 10.7. The maximum atomic E-state index is 10.7. The average molecular weight is 279 g/mol. The Bertz CT molecular complexity index is 488. The Morgan fingerprint density at radius 3 is 2.68 bits per heavy atom. The first kappa shape index (κ1) is 14.0. The third-order valence-corrected chi connectivity index (χ3v) is 4.83. The van der Waals surface area contributed by atoms with Gasteiger partial charge in [-0.3, -0.25) is 15.0 Å². The molecular weight excluding hydrogens is 262 g/mol. The van der Waals surface area contributed by atoms with Crippen molar-refractivity contribution in [3.63, 3.8) is 0 Å². The van der Waals surface area contributed by atoms with E-state index in [1.165, 1.54) is 25.3 Å². The summed E-state index contributed by atoms with van der Waals surface area (Å²) < 4.78 is 0. The Balaban J connectivity index is 2.14. The van der Waals surface area contributed by atoms with Crippen LogP contribution in [0.3, 0.4) is 0 Å². The van der Waals surface area contributed by atoms with E-state index in [0.29, 0.717) is 6.04 Å². The van der Waals surface area contributed by atoms with Crippen LogP contribution >= 0.6 is 11.3 Å². The molecule has 1 heterocycles. The van der Waals surface area contributed by atoms with E-state index in [1.54, 1.807) is 6.07 Å². The molecule has 1 atom stereocenters. The molecule has 0 radical (unpaired) electrons. The van der Waals surface area contributed by atoms with Gasteiger partial charge in [-0.15, -0.1) is 0 Å². The lowest BCUT2D eigenvalue weighted by Crippen LogP contribution is -2.35. The molecule has 0 bridgehead atoms. The smallest absolute Gasteiger partial charge is 0.284 e. The van der Waals surface area contributed by atoms with Gasteiger partial charge in [-0.25, -0.2) is 0 Å². The highest BCUT2D eigenvalue weighted by atomic mass is 32.1. The van der Waals surface area contributed by atoms with Gasteiger partial charge in [0.25, 0.3) is 0 Å². The molecule has 0 amide bonds. The highest BCUT2D eigenvalue weighted by Crippen LogP contribution is 2.34. The van der Waals surface area contributed by atoms with Gasteiger partial charge in [0.1, 0.15) is 6.04 Å². The topological polar surface area (TPSA) is 70.2 Å². The van der Waals surface area contributed by atoms with Crippen LogP contribution in [0.2, 0.25) is 0 Å². The molecule has 1 saturated carbocycles. The molecule has 0 N–H and O–H groups in total. The van der Waals surface area contributed by atoms with E-state index < -0.39 is 4.92 Å². The monoisotopic (exact) mass is 279 g/mol. The Morgan fingerprint density at radius 2 is 2.16 bits per heavy atom. The molecule has 1 aliphatic rings. The van der Waals surface area contributed by atoms with Crippen LogP contribution in [0.1, 0.15) is 43.0 Å². The van der Waals surface area contributed by atoms with Crippen molar-refractivity contribution >= 4 is 16.3 Å². The van der Waals surface area contributed by atoms with Gasteiger partial charge in [-0.2, -0.15) is 5.26 Å². The van der Waals surface area contributed by atoms with Gasteiger partial charge in [-0.1, -0.05) is 30.6 Å². The van der Waals surface area contributed by atoms with E-state index in [1.807, 2.05) is 7.05 Å². The van der Waals surface area contributed by atoms with Crippen molar-refractivity contribution < 1.29 is 4.92 Å². The zero-order chi connectivity index (χ0) is 13.8. The van der Waals surface area contributed by atoms with E-state index in [4.69, 9.17) is 0 Å². The van der Waals surface area contributed by atoms with E-state index in [9.17, 15) is 15.4 Å². The van der Waals surface area contributed by atoms with E-state index in [0.717, 1.165) is 29.1 Å². The predicted octanol–water partition coefficient (Wildman–Crippen LogP) is 3.49. The number of nitrogens with zero attached hydrogens (tertiary/aromatic N) is 3. The van der Waals surface area contributed by atoms with E-state index in [2.05, 4.69) is 11.0 Å². The average Bonchev–Trinajstić information content (AvgIpc) is 2.90. The summed E-state index contributed by atoms with van der Waals surface area (Å²) in [5.41, 5.74) is 0. The van der Waals surface area contributed by atoms with Gasteiger partial charge in [0.15, 0.2) is 0 Å². The molecular formula is C13H17N3O2S. The summed E-state index contributed by atoms with van der Waals surface area (Å²) in [6.45, 7) is 0. The molecule has 1 aromatic heterocycles. The van der Waals surface area contributed by atoms with Gasteiger partial charge < -0.3 is 0 Å². The quantitative estimate of drug-likeness (QED) is 0.625. The van der Waals surface area contributed by atoms with Gasteiger partial charge in [0.2, 0.25) is 0 Å². The van der Waals surface area contributed by atoms with E-state index in [-0.39, 0.29) is 11.0 Å². The Morgan fingerprint density at radius 1 is 1.47 bits per heavy atom. The highest BCUT2D eigenvalue weighted by Gasteiger charge is 2.27. The minimum Gasteiger partial charge on any atom is -0.284 e. The molecule has 1 aromatic rings. The van der Waals surface area contributed by atoms with Crippen molar-refractivity contribution in [2.45, 2.75) is 44.2 Å². The number of rotatable bonds is 4. The van der Waals surface area contributed by atoms with Crippen molar-refractivity contribution in [1.29, 1.82) is 5.26 Å². The Kier molecular flexibility index (Phi) is 4.51. The molecule has 1 aliphatic carbocycles. The van der Waals surface area contributed by atoms with Crippen LogP contribution in [-0.4, -0.2) is 22.9 Å². The summed E-state index contributed by atoms with van der Waals surface area (Å²) in [7, 11) is 1.95. The molecule has 1 fully saturated rings. The molecule has 0 saturated heterocycles. The summed E-state index contributed by atoms with van der Waals surface area (Å²) in [4.78, 5) is 13.2. The second-order valence-electron chi connectivity index (χ2n) is 4.92. The van der Waals surface area contributed by atoms with Crippen LogP contribution in [0.5, 0.6) is 0 Å². The Hall–Kier alpha value is -1.45. The fourth-order valence-electron chi connectivity index (χ4n) is 2.64. The van der Waals surface area contributed by atoms with Gasteiger partial charge >= 0.3 is 5.00 Å². The normalized spacial score (nSPS) is 18.2. The summed E-state index contributed by atoms with van der Waals surface area (Å²) in [5.74, 6) is 0. The fraction of sp³-hybridized carbons (Fsp3) is 0.615. The summed E-state index contributed by atoms with van der Waals surface area (Å²) in [6, 6.07) is 5.51. The molecule has 0 aromatic carbocycles. The number of nitriles is 1. The molecule has 2 rings (SSSR count). The fourth-order valence-corrected chi connectivity index (χ4v) is 3.56. The second kappa shape index (κ2) is 6.13. The van der Waals surface area contributed by atoms with Crippen molar-refractivity contribution in [3.8, 4) is 6.07 Å². The van der Waals surface area contributed by atoms with Crippen molar-refractivity contribution in [2.24, 2.45) is 0 Å². The van der Waals surface area contributed by atoms with Gasteiger partial charge in [0, 0.05) is 17.0 Å². The lowest BCUT2D eigenvalue weighted by molar-refractivity contribution is -0.380. The first-order valence-electron chi connectivity index (χ1n) is 6.49. The number of hydrogen-bond acceptors (Lipinski definition) is 5. The molecule has 19 heavy (non-hydrogen) atoms. The number of hydrogen-bond donors (Lipinski definition) is 0. The van der Waals surface area contributed by atoms with Crippen LogP contribution in [0, 0.1) is 21.4 Å². The molecule has 6 heteroatoms. The van der Waals surface area contributed by atoms with Crippen LogP contribution in [0.4, 0.5) is 5.00 Å². The maximum Gasteiger partial charge on any atom is 0.324 e. The van der Waals surface area contributed by atoms with Crippen molar-refractivity contribution in [3.05, 3.63) is 27.1 Å². The summed E-state index contributed by atoms with van der Waals surface area (Å²) >= 11 is 1.10. The van der Waals surface area contributed by atoms with Crippen molar-refractivity contribution in [1.82, 2.24) is 4.90 Å².